The van der Waals surface area contributed by atoms with Crippen molar-refractivity contribution in [1.82, 2.24) is 9.66 Å². The van der Waals surface area contributed by atoms with Gasteiger partial charge in [-0.2, -0.15) is 0 Å². The van der Waals surface area contributed by atoms with E-state index in [4.69, 9.17) is 23.2 Å². The van der Waals surface area contributed by atoms with Gasteiger partial charge in [0.15, 0.2) is 0 Å². The maximum atomic E-state index is 10.6. The average molecular weight is 273 g/mol. The Morgan fingerprint density at radius 2 is 2.00 bits per heavy atom. The van der Waals surface area contributed by atoms with E-state index in [1.54, 1.807) is 12.4 Å². The lowest BCUT2D eigenvalue weighted by Gasteiger charge is -2.10. The number of aromatic nitrogens is 2. The molecule has 0 saturated heterocycles. The van der Waals surface area contributed by atoms with Crippen molar-refractivity contribution in [3.05, 3.63) is 51.0 Å². The number of anilines is 1. The summed E-state index contributed by atoms with van der Waals surface area (Å²) in [6.45, 7) is 0. The molecule has 0 unspecified atom stereocenters. The van der Waals surface area contributed by atoms with Crippen LogP contribution >= 0.6 is 23.2 Å². The molecule has 0 spiro atoms. The highest BCUT2D eigenvalue weighted by molar-refractivity contribution is 6.39. The highest BCUT2D eigenvalue weighted by atomic mass is 35.5. The molecule has 8 heteroatoms. The molecular formula is C9H6Cl2N4O2. The summed E-state index contributed by atoms with van der Waals surface area (Å²) in [6, 6.07) is 2.46. The topological polar surface area (TPSA) is 73.0 Å². The second kappa shape index (κ2) is 4.60. The van der Waals surface area contributed by atoms with Crippen LogP contribution in [0.5, 0.6) is 0 Å². The predicted octanol–water partition coefficient (Wildman–Crippen LogP) is 2.97. The van der Waals surface area contributed by atoms with Crippen molar-refractivity contribution in [2.24, 2.45) is 0 Å². The van der Waals surface area contributed by atoms with Gasteiger partial charge in [0.2, 0.25) is 0 Å². The van der Waals surface area contributed by atoms with Gasteiger partial charge >= 0.3 is 0 Å². The molecule has 0 atom stereocenters. The fraction of sp³-hybridized carbons (Fsp3) is 0. The van der Waals surface area contributed by atoms with Gasteiger partial charge in [-0.25, -0.2) is 4.98 Å². The van der Waals surface area contributed by atoms with E-state index in [0.29, 0.717) is 5.69 Å². The Hall–Kier alpha value is -1.79. The van der Waals surface area contributed by atoms with Gasteiger partial charge < -0.3 is 0 Å². The van der Waals surface area contributed by atoms with Gasteiger partial charge in [0.25, 0.3) is 5.69 Å². The van der Waals surface area contributed by atoms with Crippen LogP contribution in [0.2, 0.25) is 10.0 Å². The molecule has 1 heterocycles. The number of rotatable bonds is 3. The van der Waals surface area contributed by atoms with Crippen LogP contribution in [-0.2, 0) is 0 Å². The molecular weight excluding hydrogens is 267 g/mol. The zero-order chi connectivity index (χ0) is 12.4. The monoisotopic (exact) mass is 272 g/mol. The smallest absolute Gasteiger partial charge is 0.272 e. The number of nitrogens with one attached hydrogen (secondary N) is 1. The summed E-state index contributed by atoms with van der Waals surface area (Å²) in [6.07, 6.45) is 4.72. The van der Waals surface area contributed by atoms with E-state index in [0.717, 1.165) is 0 Å². The summed E-state index contributed by atoms with van der Waals surface area (Å²) < 4.78 is 1.53. The van der Waals surface area contributed by atoms with Gasteiger partial charge in [-0.1, -0.05) is 23.2 Å². The predicted molar refractivity (Wildman–Crippen MR) is 64.4 cm³/mol. The fourth-order valence-electron chi connectivity index (χ4n) is 1.23. The molecule has 2 aromatic rings. The number of halogens is 2. The van der Waals surface area contributed by atoms with Crippen LogP contribution in [0.15, 0.2) is 30.9 Å². The van der Waals surface area contributed by atoms with E-state index in [1.165, 1.54) is 23.1 Å². The molecule has 17 heavy (non-hydrogen) atoms. The van der Waals surface area contributed by atoms with Gasteiger partial charge in [0.1, 0.15) is 6.33 Å². The number of nitro benzene ring substituents is 1. The summed E-state index contributed by atoms with van der Waals surface area (Å²) in [7, 11) is 0. The number of hydrogen-bond donors (Lipinski definition) is 1. The Bertz CT molecular complexity index is 533. The largest absolute Gasteiger partial charge is 0.290 e. The molecule has 1 aromatic heterocycles. The van der Waals surface area contributed by atoms with Gasteiger partial charge in [-0.3, -0.25) is 20.2 Å². The van der Waals surface area contributed by atoms with Crippen molar-refractivity contribution >= 4 is 34.6 Å². The third kappa shape index (κ3) is 2.48. The molecule has 0 aliphatic heterocycles. The van der Waals surface area contributed by atoms with E-state index in [1.807, 2.05) is 0 Å². The molecule has 88 valence electrons. The van der Waals surface area contributed by atoms with Crippen molar-refractivity contribution in [3.63, 3.8) is 0 Å². The Balaban J connectivity index is 2.38. The number of nitro groups is 1. The second-order valence-corrected chi connectivity index (χ2v) is 3.94. The third-order valence-corrected chi connectivity index (χ3v) is 2.58. The maximum Gasteiger partial charge on any atom is 0.272 e. The van der Waals surface area contributed by atoms with Crippen molar-refractivity contribution in [2.45, 2.75) is 0 Å². The van der Waals surface area contributed by atoms with Crippen molar-refractivity contribution in [3.8, 4) is 0 Å². The van der Waals surface area contributed by atoms with Crippen LogP contribution in [0.1, 0.15) is 0 Å². The van der Waals surface area contributed by atoms with Gasteiger partial charge in [-0.15, -0.1) is 0 Å². The van der Waals surface area contributed by atoms with Gasteiger partial charge in [0.05, 0.1) is 20.7 Å². The highest BCUT2D eigenvalue weighted by Gasteiger charge is 2.14. The van der Waals surface area contributed by atoms with E-state index in [9.17, 15) is 10.1 Å². The van der Waals surface area contributed by atoms with E-state index < -0.39 is 4.92 Å². The molecule has 0 fully saturated rings. The van der Waals surface area contributed by atoms with Crippen molar-refractivity contribution < 1.29 is 4.92 Å². The minimum Gasteiger partial charge on any atom is -0.290 e. The van der Waals surface area contributed by atoms with Crippen LogP contribution in [0, 0.1) is 10.1 Å². The number of nitrogens with zero attached hydrogens (tertiary/aromatic N) is 3. The lowest BCUT2D eigenvalue weighted by atomic mass is 10.3. The normalized spacial score (nSPS) is 10.2. The molecule has 0 bridgehead atoms. The summed E-state index contributed by atoms with van der Waals surface area (Å²) in [5.41, 5.74) is 3.08. The first-order valence-electron chi connectivity index (χ1n) is 4.46. The van der Waals surface area contributed by atoms with Crippen LogP contribution in [0.3, 0.4) is 0 Å². The van der Waals surface area contributed by atoms with Gasteiger partial charge in [0, 0.05) is 24.5 Å². The zero-order valence-electron chi connectivity index (χ0n) is 8.30. The SMILES string of the molecule is O=[N+]([O-])c1cc(Cl)c(Nn2ccnc2)c(Cl)c1. The molecule has 1 N–H and O–H groups in total. The first-order valence-corrected chi connectivity index (χ1v) is 5.22. The molecule has 1 aromatic carbocycles. The second-order valence-electron chi connectivity index (χ2n) is 3.12. The Kier molecular flexibility index (Phi) is 3.16. The maximum absolute atomic E-state index is 10.6. The first-order chi connectivity index (χ1) is 8.08. The zero-order valence-corrected chi connectivity index (χ0v) is 9.81. The quantitative estimate of drug-likeness (QED) is 0.689. The summed E-state index contributed by atoms with van der Waals surface area (Å²) in [5.74, 6) is 0. The number of benzene rings is 1. The Morgan fingerprint density at radius 1 is 1.35 bits per heavy atom. The minimum atomic E-state index is -0.557. The summed E-state index contributed by atoms with van der Waals surface area (Å²) in [5, 5.41) is 10.9. The minimum absolute atomic E-state index is 0.156. The molecule has 0 aliphatic rings. The first kappa shape index (κ1) is 11.7. The highest BCUT2D eigenvalue weighted by Crippen LogP contribution is 2.34. The lowest BCUT2D eigenvalue weighted by molar-refractivity contribution is -0.384. The number of hydrogen-bond acceptors (Lipinski definition) is 4. The lowest BCUT2D eigenvalue weighted by Crippen LogP contribution is -2.07. The van der Waals surface area contributed by atoms with Gasteiger partial charge in [-0.05, 0) is 0 Å². The summed E-state index contributed by atoms with van der Waals surface area (Å²) >= 11 is 11.8. The van der Waals surface area contributed by atoms with Crippen LogP contribution < -0.4 is 5.43 Å². The fourth-order valence-corrected chi connectivity index (χ4v) is 1.79. The van der Waals surface area contributed by atoms with Crippen LogP contribution in [0.4, 0.5) is 11.4 Å². The molecule has 0 radical (unpaired) electrons. The van der Waals surface area contributed by atoms with Crippen LogP contribution in [-0.4, -0.2) is 14.6 Å². The van der Waals surface area contributed by atoms with E-state index in [2.05, 4.69) is 10.4 Å². The molecule has 0 aliphatic carbocycles. The molecule has 0 saturated carbocycles. The molecule has 6 nitrogen and oxygen atoms in total. The average Bonchev–Trinajstić information content (AvgIpc) is 2.75. The van der Waals surface area contributed by atoms with Crippen molar-refractivity contribution in [2.75, 3.05) is 5.43 Å². The third-order valence-electron chi connectivity index (χ3n) is 1.98. The van der Waals surface area contributed by atoms with Crippen molar-refractivity contribution in [1.29, 1.82) is 0 Å². The standard InChI is InChI=1S/C9H6Cl2N4O2/c10-7-3-6(15(16)17)4-8(11)9(7)13-14-2-1-12-5-14/h1-5,13H. The summed E-state index contributed by atoms with van der Waals surface area (Å²) in [4.78, 5) is 13.9. The number of non-ortho nitro benzene ring substituents is 1. The van der Waals surface area contributed by atoms with E-state index >= 15 is 0 Å². The van der Waals surface area contributed by atoms with Crippen LogP contribution in [0.25, 0.3) is 0 Å². The number of imidazole rings is 1. The van der Waals surface area contributed by atoms with E-state index in [-0.39, 0.29) is 15.7 Å². The molecule has 2 rings (SSSR count). The Morgan fingerprint density at radius 3 is 2.47 bits per heavy atom. The Labute approximate surface area is 106 Å². The molecule has 0 amide bonds.